The van der Waals surface area contributed by atoms with Crippen LogP contribution in [0, 0.1) is 6.07 Å². The highest BCUT2D eigenvalue weighted by Crippen LogP contribution is 2.32. The second-order valence-electron chi connectivity index (χ2n) is 6.06. The summed E-state index contributed by atoms with van der Waals surface area (Å²) < 4.78 is 2.14. The molecule has 1 amide bonds. The number of carbonyl (C=O) groups is 1. The molecule has 0 fully saturated rings. The molecule has 1 radical (unpaired) electrons. The number of amides is 1. The molecule has 0 aliphatic heterocycles. The van der Waals surface area contributed by atoms with E-state index in [1.165, 1.54) is 0 Å². The van der Waals surface area contributed by atoms with Crippen LogP contribution in [0.3, 0.4) is 0 Å². The van der Waals surface area contributed by atoms with E-state index in [0.717, 1.165) is 32.9 Å². The molecule has 25 heavy (non-hydrogen) atoms. The molecule has 0 bridgehead atoms. The fourth-order valence-electron chi connectivity index (χ4n) is 3.33. The van der Waals surface area contributed by atoms with Crippen molar-refractivity contribution in [2.75, 3.05) is 0 Å². The smallest absolute Gasteiger partial charge is 0.249 e. The molecule has 4 rings (SSSR count). The minimum absolute atomic E-state index is 0.0536. The number of hydrogen-bond donors (Lipinski definition) is 2. The number of benzene rings is 3. The van der Waals surface area contributed by atoms with Gasteiger partial charge in [-0.15, -0.1) is 0 Å². The first-order valence-electron chi connectivity index (χ1n) is 8.09. The summed E-state index contributed by atoms with van der Waals surface area (Å²) in [6.45, 7) is 0.605. The Labute approximate surface area is 145 Å². The Morgan fingerprint density at radius 2 is 1.84 bits per heavy atom. The van der Waals surface area contributed by atoms with Crippen molar-refractivity contribution in [3.05, 3.63) is 83.4 Å². The van der Waals surface area contributed by atoms with E-state index in [2.05, 4.69) is 22.8 Å². The maximum Gasteiger partial charge on any atom is 0.249 e. The van der Waals surface area contributed by atoms with Gasteiger partial charge in [0.2, 0.25) is 5.91 Å². The van der Waals surface area contributed by atoms with Crippen molar-refractivity contribution in [3.63, 3.8) is 0 Å². The highest BCUT2D eigenvalue weighted by molar-refractivity contribution is 6.17. The second kappa shape index (κ2) is 6.07. The van der Waals surface area contributed by atoms with E-state index in [1.807, 2.05) is 36.4 Å². The van der Waals surface area contributed by atoms with Crippen LogP contribution in [0.2, 0.25) is 0 Å². The summed E-state index contributed by atoms with van der Waals surface area (Å²) in [6, 6.07) is 22.6. The number of aliphatic hydroxyl groups excluding tert-OH is 1. The lowest BCUT2D eigenvalue weighted by Crippen LogP contribution is -2.11. The summed E-state index contributed by atoms with van der Waals surface area (Å²) in [6.07, 6.45) is 0. The lowest BCUT2D eigenvalue weighted by atomic mass is 10.0. The molecule has 0 unspecified atom stereocenters. The molecule has 0 saturated carbocycles. The molecule has 123 valence electrons. The van der Waals surface area contributed by atoms with Crippen LogP contribution in [0.15, 0.2) is 60.7 Å². The molecule has 4 aromatic rings. The molecule has 0 aliphatic carbocycles. The maximum atomic E-state index is 11.9. The van der Waals surface area contributed by atoms with Crippen LogP contribution >= 0.6 is 0 Å². The lowest BCUT2D eigenvalue weighted by molar-refractivity contribution is 0.100. The van der Waals surface area contributed by atoms with Gasteiger partial charge in [-0.3, -0.25) is 4.79 Å². The van der Waals surface area contributed by atoms with E-state index >= 15 is 0 Å². The fourth-order valence-corrected chi connectivity index (χ4v) is 3.33. The molecule has 4 heteroatoms. The lowest BCUT2D eigenvalue weighted by Gasteiger charge is -2.08. The Morgan fingerprint density at radius 1 is 1.04 bits per heavy atom. The Kier molecular flexibility index (Phi) is 3.75. The van der Waals surface area contributed by atoms with Crippen LogP contribution in [0.1, 0.15) is 21.5 Å². The molecule has 0 aliphatic rings. The van der Waals surface area contributed by atoms with Gasteiger partial charge in [-0.1, -0.05) is 36.4 Å². The summed E-state index contributed by atoms with van der Waals surface area (Å²) in [4.78, 5) is 11.9. The molecule has 0 atom stereocenters. The molecule has 0 spiro atoms. The quantitative estimate of drug-likeness (QED) is 0.603. The number of aromatic nitrogens is 1. The van der Waals surface area contributed by atoms with Gasteiger partial charge in [0.1, 0.15) is 0 Å². The Balaban J connectivity index is 2.07. The highest BCUT2D eigenvalue weighted by atomic mass is 16.3. The number of aliphatic hydroxyl groups is 1. The monoisotopic (exact) mass is 329 g/mol. The SMILES string of the molecule is NC(=O)c1cccc2c1c1[c]cc(CO)cc1n2Cc1ccccc1. The molecule has 3 N–H and O–H groups in total. The number of rotatable bonds is 4. The normalized spacial score (nSPS) is 11.2. The Morgan fingerprint density at radius 3 is 2.56 bits per heavy atom. The van der Waals surface area contributed by atoms with Crippen LogP contribution in [0.5, 0.6) is 0 Å². The van der Waals surface area contributed by atoms with Crippen molar-refractivity contribution in [1.82, 2.24) is 4.57 Å². The second-order valence-corrected chi connectivity index (χ2v) is 6.06. The van der Waals surface area contributed by atoms with Crippen LogP contribution in [-0.4, -0.2) is 15.6 Å². The Bertz CT molecular complexity index is 1080. The number of nitrogens with zero attached hydrogens (tertiary/aromatic N) is 1. The predicted molar refractivity (Wildman–Crippen MR) is 98.3 cm³/mol. The summed E-state index contributed by atoms with van der Waals surface area (Å²) in [5.74, 6) is -0.455. The minimum Gasteiger partial charge on any atom is -0.392 e. The third-order valence-corrected chi connectivity index (χ3v) is 4.49. The summed E-state index contributed by atoms with van der Waals surface area (Å²) in [5.41, 5.74) is 9.87. The molecule has 4 nitrogen and oxygen atoms in total. The number of hydrogen-bond acceptors (Lipinski definition) is 2. The van der Waals surface area contributed by atoms with Gasteiger partial charge >= 0.3 is 0 Å². The van der Waals surface area contributed by atoms with Gasteiger partial charge in [0.15, 0.2) is 0 Å². The van der Waals surface area contributed by atoms with Gasteiger partial charge in [0, 0.05) is 22.9 Å². The standard InChI is InChI=1S/C21H17N2O2/c22-21(25)17-7-4-8-18-20(17)16-10-9-15(13-24)11-19(16)23(18)12-14-5-2-1-3-6-14/h1-9,11,24H,12-13H2,(H2,22,25). The van der Waals surface area contributed by atoms with E-state index in [1.54, 1.807) is 12.1 Å². The zero-order valence-corrected chi connectivity index (χ0v) is 13.6. The van der Waals surface area contributed by atoms with Crippen LogP contribution < -0.4 is 5.73 Å². The Hall–Kier alpha value is -3.11. The first-order valence-corrected chi connectivity index (χ1v) is 8.09. The van der Waals surface area contributed by atoms with Crippen molar-refractivity contribution >= 4 is 27.7 Å². The average molecular weight is 329 g/mol. The van der Waals surface area contributed by atoms with Gasteiger partial charge in [0.25, 0.3) is 0 Å². The molecule has 3 aromatic carbocycles. The van der Waals surface area contributed by atoms with Gasteiger partial charge in [-0.05, 0) is 41.5 Å². The van der Waals surface area contributed by atoms with Crippen LogP contribution in [-0.2, 0) is 13.2 Å². The van der Waals surface area contributed by atoms with Crippen molar-refractivity contribution in [2.45, 2.75) is 13.2 Å². The van der Waals surface area contributed by atoms with Crippen LogP contribution in [0.4, 0.5) is 0 Å². The number of primary amides is 1. The third kappa shape index (κ3) is 2.57. The zero-order chi connectivity index (χ0) is 17.4. The topological polar surface area (TPSA) is 68.2 Å². The van der Waals surface area contributed by atoms with Gasteiger partial charge in [-0.2, -0.15) is 0 Å². The highest BCUT2D eigenvalue weighted by Gasteiger charge is 2.17. The van der Waals surface area contributed by atoms with Gasteiger partial charge in [0.05, 0.1) is 17.6 Å². The predicted octanol–water partition coefficient (Wildman–Crippen LogP) is 3.23. The first-order chi connectivity index (χ1) is 12.2. The van der Waals surface area contributed by atoms with Crippen molar-refractivity contribution in [2.24, 2.45) is 5.73 Å². The molecule has 0 saturated heterocycles. The van der Waals surface area contributed by atoms with E-state index in [9.17, 15) is 9.90 Å². The summed E-state index contributed by atoms with van der Waals surface area (Å²) >= 11 is 0. The van der Waals surface area contributed by atoms with Crippen molar-refractivity contribution in [1.29, 1.82) is 0 Å². The van der Waals surface area contributed by atoms with E-state index < -0.39 is 5.91 Å². The molecular weight excluding hydrogens is 312 g/mol. The first kappa shape index (κ1) is 15.4. The largest absolute Gasteiger partial charge is 0.392 e. The molecule has 1 heterocycles. The van der Waals surface area contributed by atoms with Crippen LogP contribution in [0.25, 0.3) is 21.8 Å². The maximum absolute atomic E-state index is 11.9. The zero-order valence-electron chi connectivity index (χ0n) is 13.6. The van der Waals surface area contributed by atoms with E-state index in [-0.39, 0.29) is 6.61 Å². The van der Waals surface area contributed by atoms with E-state index in [4.69, 9.17) is 5.73 Å². The molecule has 1 aromatic heterocycles. The van der Waals surface area contributed by atoms with Gasteiger partial charge in [-0.25, -0.2) is 0 Å². The molecular formula is C21H17N2O2. The number of nitrogens with two attached hydrogens (primary N) is 1. The van der Waals surface area contributed by atoms with Crippen molar-refractivity contribution < 1.29 is 9.90 Å². The summed E-state index contributed by atoms with van der Waals surface area (Å²) in [7, 11) is 0. The minimum atomic E-state index is -0.455. The number of carbonyl (C=O) groups excluding carboxylic acids is 1. The van der Waals surface area contributed by atoms with Crippen molar-refractivity contribution in [3.8, 4) is 0 Å². The van der Waals surface area contributed by atoms with Gasteiger partial charge < -0.3 is 15.4 Å². The van der Waals surface area contributed by atoms with E-state index in [0.29, 0.717) is 12.1 Å². The average Bonchev–Trinajstić information content (AvgIpc) is 2.95. The summed E-state index contributed by atoms with van der Waals surface area (Å²) in [5, 5.41) is 11.1. The number of fused-ring (bicyclic) bond motifs is 3. The fraction of sp³-hybridized carbons (Fsp3) is 0.0952. The third-order valence-electron chi connectivity index (χ3n) is 4.49.